The number of ether oxygens (including phenoxy) is 4. The van der Waals surface area contributed by atoms with Crippen molar-refractivity contribution in [1.29, 1.82) is 0 Å². The predicted molar refractivity (Wildman–Crippen MR) is 234 cm³/mol. The molecular formula is C46H57IN4O9. The summed E-state index contributed by atoms with van der Waals surface area (Å²) in [6.07, 6.45) is 6.01. The van der Waals surface area contributed by atoms with E-state index < -0.39 is 57.5 Å². The molecule has 2 aromatic carbocycles. The maximum Gasteiger partial charge on any atom is 0.344 e. The molecule has 14 heteroatoms. The summed E-state index contributed by atoms with van der Waals surface area (Å²) >= 11 is 2.34. The molecule has 1 spiro atoms. The maximum absolute atomic E-state index is 15.4. The molecule has 13 nitrogen and oxygen atoms in total. The molecule has 0 amide bonds. The minimum atomic E-state index is -2.30. The van der Waals surface area contributed by atoms with E-state index in [4.69, 9.17) is 18.9 Å². The SMILES string of the molecule is CC[C@]12C=CCN3CC[C@@]4(c5cc([C@@]6(C(=O)OC)C[C@H]7CN(CCc8c6[nH]c6ccccc86)C[C@](O)(CCI)C7)c(OC)cc5N(C)[C@H]4[C@@](O)(C(=O)OC)[C@@H]1OC(C)=O)[C@@H]32. The van der Waals surface area contributed by atoms with E-state index in [9.17, 15) is 19.8 Å². The molecule has 1 saturated carbocycles. The maximum atomic E-state index is 15.4. The number of piperidine rings is 1. The van der Waals surface area contributed by atoms with Gasteiger partial charge in [-0.15, -0.1) is 0 Å². The van der Waals surface area contributed by atoms with Crippen LogP contribution in [0, 0.1) is 11.3 Å². The number of halogens is 1. The number of esters is 3. The van der Waals surface area contributed by atoms with Crippen molar-refractivity contribution in [1.82, 2.24) is 14.8 Å². The molecule has 5 aliphatic heterocycles. The quantitative estimate of drug-likeness (QED) is 0.0965. The van der Waals surface area contributed by atoms with Crippen molar-refractivity contribution in [2.75, 3.05) is 70.4 Å². The number of nitrogens with zero attached hydrogens (tertiary/aromatic N) is 3. The first-order valence-corrected chi connectivity index (χ1v) is 22.8. The van der Waals surface area contributed by atoms with E-state index in [0.717, 1.165) is 37.8 Å². The molecular weight excluding hydrogens is 879 g/mol. The number of methoxy groups -OCH3 is 3. The first-order valence-electron chi connectivity index (χ1n) is 21.3. The van der Waals surface area contributed by atoms with Crippen molar-refractivity contribution in [3.8, 4) is 5.75 Å². The van der Waals surface area contributed by atoms with Gasteiger partial charge in [0.25, 0.3) is 0 Å². The smallest absolute Gasteiger partial charge is 0.344 e. The van der Waals surface area contributed by atoms with Crippen LogP contribution in [-0.2, 0) is 45.8 Å². The second kappa shape index (κ2) is 14.7. The molecule has 2 saturated heterocycles. The third-order valence-corrected chi connectivity index (χ3v) is 16.0. The fourth-order valence-electron chi connectivity index (χ4n) is 13.6. The highest BCUT2D eigenvalue weighted by Crippen LogP contribution is 2.68. The number of likely N-dealkylation sites (N-methyl/N-ethyl adjacent to an activating group) is 1. The Labute approximate surface area is 364 Å². The average molecular weight is 937 g/mol. The Bertz CT molecular complexity index is 2280. The van der Waals surface area contributed by atoms with Crippen LogP contribution in [0.15, 0.2) is 48.6 Å². The molecule has 1 unspecified atom stereocenters. The van der Waals surface area contributed by atoms with E-state index in [2.05, 4.69) is 61.7 Å². The molecule has 6 heterocycles. The summed E-state index contributed by atoms with van der Waals surface area (Å²) in [5.74, 6) is -1.56. The number of hydrogen-bond donors (Lipinski definition) is 3. The van der Waals surface area contributed by atoms with Gasteiger partial charge in [0.05, 0.1) is 33.0 Å². The number of aliphatic hydroxyl groups is 2. The van der Waals surface area contributed by atoms with E-state index in [1.54, 1.807) is 7.11 Å². The normalized spacial score (nSPS) is 36.5. The van der Waals surface area contributed by atoms with Gasteiger partial charge >= 0.3 is 17.9 Å². The van der Waals surface area contributed by atoms with Gasteiger partial charge in [0, 0.05) is 95.4 Å². The lowest BCUT2D eigenvalue weighted by molar-refractivity contribution is -0.228. The first kappa shape index (κ1) is 41.6. The number of carbonyl (C=O) groups excluding carboxylic acids is 3. The first-order chi connectivity index (χ1) is 28.7. The number of aromatic amines is 1. The second-order valence-corrected chi connectivity index (χ2v) is 19.4. The number of para-hydroxylation sites is 1. The Kier molecular flexibility index (Phi) is 10.2. The molecule has 6 aliphatic rings. The summed E-state index contributed by atoms with van der Waals surface area (Å²) in [4.78, 5) is 53.3. The minimum absolute atomic E-state index is 0.100. The van der Waals surface area contributed by atoms with Crippen molar-refractivity contribution in [2.24, 2.45) is 11.3 Å². The number of H-pyrrole nitrogens is 1. The van der Waals surface area contributed by atoms with Gasteiger partial charge in [-0.25, -0.2) is 4.79 Å². The highest BCUT2D eigenvalue weighted by Gasteiger charge is 2.80. The lowest BCUT2D eigenvalue weighted by atomic mass is 9.47. The Hall–Kier alpha value is -3.70. The number of benzene rings is 2. The zero-order chi connectivity index (χ0) is 42.6. The van der Waals surface area contributed by atoms with Crippen molar-refractivity contribution >= 4 is 57.1 Å². The molecule has 60 heavy (non-hydrogen) atoms. The number of rotatable bonds is 8. The summed E-state index contributed by atoms with van der Waals surface area (Å²) in [5.41, 5.74) is -1.62. The van der Waals surface area contributed by atoms with Crippen LogP contribution in [0.1, 0.15) is 68.3 Å². The summed E-state index contributed by atoms with van der Waals surface area (Å²) in [6, 6.07) is 11.0. The number of aromatic nitrogens is 1. The highest BCUT2D eigenvalue weighted by atomic mass is 127. The number of alkyl halides is 1. The topological polar surface area (TPSA) is 154 Å². The predicted octanol–water partition coefficient (Wildman–Crippen LogP) is 4.41. The molecule has 3 aromatic rings. The highest BCUT2D eigenvalue weighted by molar-refractivity contribution is 14.1. The van der Waals surface area contributed by atoms with Crippen molar-refractivity contribution in [3.05, 3.63) is 70.9 Å². The van der Waals surface area contributed by atoms with Crippen molar-refractivity contribution in [2.45, 2.75) is 92.6 Å². The van der Waals surface area contributed by atoms with Crippen LogP contribution in [-0.4, -0.2) is 138 Å². The molecule has 9 rings (SSSR count). The van der Waals surface area contributed by atoms with Crippen LogP contribution < -0.4 is 9.64 Å². The Balaban J connectivity index is 1.36. The van der Waals surface area contributed by atoms with Gasteiger partial charge in [-0.2, -0.15) is 0 Å². The lowest BCUT2D eigenvalue weighted by Gasteiger charge is -2.63. The summed E-state index contributed by atoms with van der Waals surface area (Å²) in [7, 11) is 6.16. The Morgan fingerprint density at radius 1 is 1.00 bits per heavy atom. The summed E-state index contributed by atoms with van der Waals surface area (Å²) in [6.45, 7) is 6.62. The van der Waals surface area contributed by atoms with Crippen LogP contribution in [0.3, 0.4) is 0 Å². The van der Waals surface area contributed by atoms with Gasteiger partial charge in [-0.1, -0.05) is 59.9 Å². The van der Waals surface area contributed by atoms with Gasteiger partial charge in [-0.3, -0.25) is 19.4 Å². The summed E-state index contributed by atoms with van der Waals surface area (Å²) in [5, 5.41) is 26.5. The number of carbonyl (C=O) groups is 3. The van der Waals surface area contributed by atoms with Gasteiger partial charge in [-0.05, 0) is 74.2 Å². The van der Waals surface area contributed by atoms with E-state index in [1.807, 2.05) is 43.1 Å². The fourth-order valence-corrected chi connectivity index (χ4v) is 14.6. The molecule has 1 aliphatic carbocycles. The zero-order valence-corrected chi connectivity index (χ0v) is 37.5. The molecule has 1 aromatic heterocycles. The third kappa shape index (κ3) is 5.51. The number of hydrogen-bond acceptors (Lipinski definition) is 12. The van der Waals surface area contributed by atoms with Gasteiger partial charge in [0.15, 0.2) is 6.10 Å². The molecule has 3 fully saturated rings. The lowest BCUT2D eigenvalue weighted by Crippen LogP contribution is -2.81. The number of nitrogens with one attached hydrogen (secondary N) is 1. The van der Waals surface area contributed by atoms with Crippen LogP contribution in [0.4, 0.5) is 5.69 Å². The average Bonchev–Trinajstić information content (AvgIpc) is 3.90. The van der Waals surface area contributed by atoms with E-state index >= 15 is 4.79 Å². The van der Waals surface area contributed by atoms with Crippen molar-refractivity contribution < 1.29 is 43.5 Å². The van der Waals surface area contributed by atoms with Crippen LogP contribution >= 0.6 is 22.6 Å². The zero-order valence-electron chi connectivity index (χ0n) is 35.4. The number of anilines is 1. The number of fused-ring (bicyclic) bond motifs is 6. The van der Waals surface area contributed by atoms with Crippen LogP contribution in [0.25, 0.3) is 10.9 Å². The third-order valence-electron chi connectivity index (χ3n) is 15.5. The molecule has 322 valence electrons. The monoisotopic (exact) mass is 936 g/mol. The minimum Gasteiger partial charge on any atom is -0.496 e. The molecule has 10 atom stereocenters. The van der Waals surface area contributed by atoms with Crippen LogP contribution in [0.2, 0.25) is 0 Å². The second-order valence-electron chi connectivity index (χ2n) is 18.3. The van der Waals surface area contributed by atoms with Gasteiger partial charge in [0.1, 0.15) is 11.2 Å². The molecule has 3 N–H and O–H groups in total. The molecule has 2 bridgehead atoms. The van der Waals surface area contributed by atoms with Crippen molar-refractivity contribution in [3.63, 3.8) is 0 Å². The van der Waals surface area contributed by atoms with E-state index in [0.29, 0.717) is 82.6 Å². The Morgan fingerprint density at radius 2 is 1.77 bits per heavy atom. The fraction of sp³-hybridized carbons (Fsp3) is 0.587. The summed E-state index contributed by atoms with van der Waals surface area (Å²) < 4.78 is 24.8. The van der Waals surface area contributed by atoms with E-state index in [-0.39, 0.29) is 12.0 Å². The van der Waals surface area contributed by atoms with Crippen LogP contribution in [0.5, 0.6) is 5.75 Å². The molecule has 0 radical (unpaired) electrons. The van der Waals surface area contributed by atoms with Gasteiger partial charge < -0.3 is 39.0 Å². The largest absolute Gasteiger partial charge is 0.496 e. The standard InChI is InChI=1S/C46H57IN4O9/c1-7-43-14-10-18-51-20-16-44(37(43)51)31-21-32(35(57-4)22-34(31)49(3)38(44)46(56,41(54)59-6)39(43)60-27(2)52)45(40(53)58-5)24-28-23-42(55,15-17-47)26-50(25-28)19-13-30-29-11-8-9-12-33(29)48-36(30)45/h8-12,14,21-22,28,37-39,48,55-56H,7,13,15-20,23-26H2,1-6H3/t28-,37-,38+,39+,42-,43+,44+,45-,46-/m0/s1. The Morgan fingerprint density at radius 3 is 2.47 bits per heavy atom. The van der Waals surface area contributed by atoms with E-state index in [1.165, 1.54) is 21.1 Å². The van der Waals surface area contributed by atoms with Gasteiger partial charge in [0.2, 0.25) is 5.60 Å².